The molecular weight excluding hydrogens is 224 g/mol. The van der Waals surface area contributed by atoms with E-state index in [0.29, 0.717) is 5.56 Å². The molecule has 18 heavy (non-hydrogen) atoms. The Hall–Kier alpha value is -2.00. The van der Waals surface area contributed by atoms with Crippen molar-refractivity contribution in [3.05, 3.63) is 66.0 Å². The summed E-state index contributed by atoms with van der Waals surface area (Å²) in [6.07, 6.45) is 3.22. The summed E-state index contributed by atoms with van der Waals surface area (Å²) in [5.74, 6) is 0.0809. The van der Waals surface area contributed by atoms with Gasteiger partial charge in [-0.3, -0.25) is 9.78 Å². The summed E-state index contributed by atoms with van der Waals surface area (Å²) >= 11 is 0. The van der Waals surface area contributed by atoms with Gasteiger partial charge in [-0.2, -0.15) is 0 Å². The SMILES string of the molecule is CC(=O)c1ccncc1.CNCc1ccccc1. The maximum absolute atomic E-state index is 10.6. The Balaban J connectivity index is 0.000000180. The van der Waals surface area contributed by atoms with Crippen molar-refractivity contribution < 1.29 is 4.79 Å². The normalized spacial score (nSPS) is 9.22. The molecule has 3 heteroatoms. The maximum Gasteiger partial charge on any atom is 0.159 e. The second-order valence-corrected chi connectivity index (χ2v) is 3.81. The predicted molar refractivity (Wildman–Crippen MR) is 73.4 cm³/mol. The van der Waals surface area contributed by atoms with Crippen molar-refractivity contribution in [2.45, 2.75) is 13.5 Å². The van der Waals surface area contributed by atoms with Crippen molar-refractivity contribution in [3.8, 4) is 0 Å². The van der Waals surface area contributed by atoms with E-state index in [-0.39, 0.29) is 5.78 Å². The maximum atomic E-state index is 10.6. The van der Waals surface area contributed by atoms with Gasteiger partial charge >= 0.3 is 0 Å². The number of carbonyl (C=O) groups excluding carboxylic acids is 1. The number of rotatable bonds is 3. The third-order valence-electron chi connectivity index (χ3n) is 2.31. The van der Waals surface area contributed by atoms with Crippen LogP contribution < -0.4 is 5.32 Å². The van der Waals surface area contributed by atoms with Gasteiger partial charge in [0.1, 0.15) is 0 Å². The van der Waals surface area contributed by atoms with Crippen molar-refractivity contribution in [1.29, 1.82) is 0 Å². The standard InChI is InChI=1S/C8H11N.C7H7NO/c1-9-7-8-5-3-2-4-6-8;1-6(9)7-2-4-8-5-3-7/h2-6,9H,7H2,1H3;2-5H,1H3. The van der Waals surface area contributed by atoms with Crippen LogP contribution in [0.4, 0.5) is 0 Å². The largest absolute Gasteiger partial charge is 0.316 e. The average Bonchev–Trinajstić information content (AvgIpc) is 2.42. The van der Waals surface area contributed by atoms with Gasteiger partial charge in [0.05, 0.1) is 0 Å². The number of pyridine rings is 1. The molecular formula is C15H18N2O. The number of nitrogens with one attached hydrogen (secondary N) is 1. The molecule has 0 aliphatic heterocycles. The molecule has 3 nitrogen and oxygen atoms in total. The molecule has 2 rings (SSSR count). The van der Waals surface area contributed by atoms with Gasteiger partial charge in [0, 0.05) is 24.5 Å². The third kappa shape index (κ3) is 5.37. The van der Waals surface area contributed by atoms with Crippen molar-refractivity contribution in [2.24, 2.45) is 0 Å². The van der Waals surface area contributed by atoms with Gasteiger partial charge in [-0.25, -0.2) is 0 Å². The zero-order valence-corrected chi connectivity index (χ0v) is 10.8. The lowest BCUT2D eigenvalue weighted by Crippen LogP contribution is -2.04. The van der Waals surface area contributed by atoms with Crippen LogP contribution in [-0.4, -0.2) is 17.8 Å². The highest BCUT2D eigenvalue weighted by Gasteiger charge is 1.93. The zero-order chi connectivity index (χ0) is 13.2. The van der Waals surface area contributed by atoms with Crippen LogP contribution in [0.1, 0.15) is 22.8 Å². The van der Waals surface area contributed by atoms with E-state index in [1.54, 1.807) is 24.5 Å². The number of benzene rings is 1. The van der Waals surface area contributed by atoms with Crippen LogP contribution in [0, 0.1) is 0 Å². The minimum Gasteiger partial charge on any atom is -0.316 e. The molecule has 94 valence electrons. The van der Waals surface area contributed by atoms with Crippen molar-refractivity contribution in [2.75, 3.05) is 7.05 Å². The van der Waals surface area contributed by atoms with E-state index in [4.69, 9.17) is 0 Å². The molecule has 0 unspecified atom stereocenters. The Bertz CT molecular complexity index is 454. The molecule has 0 saturated heterocycles. The van der Waals surface area contributed by atoms with E-state index in [1.807, 2.05) is 25.2 Å². The minimum absolute atomic E-state index is 0.0809. The van der Waals surface area contributed by atoms with E-state index in [9.17, 15) is 4.79 Å². The number of aromatic nitrogens is 1. The second kappa shape index (κ2) is 8.14. The van der Waals surface area contributed by atoms with Gasteiger partial charge in [0.25, 0.3) is 0 Å². The summed E-state index contributed by atoms with van der Waals surface area (Å²) in [7, 11) is 1.95. The van der Waals surface area contributed by atoms with E-state index in [2.05, 4.69) is 22.4 Å². The summed E-state index contributed by atoms with van der Waals surface area (Å²) in [6, 6.07) is 13.7. The smallest absolute Gasteiger partial charge is 0.159 e. The van der Waals surface area contributed by atoms with E-state index in [1.165, 1.54) is 12.5 Å². The molecule has 0 spiro atoms. The van der Waals surface area contributed by atoms with Gasteiger partial charge in [-0.1, -0.05) is 30.3 Å². The highest BCUT2D eigenvalue weighted by molar-refractivity contribution is 5.93. The molecule has 1 N–H and O–H groups in total. The molecule has 1 aromatic carbocycles. The van der Waals surface area contributed by atoms with Crippen molar-refractivity contribution in [1.82, 2.24) is 10.3 Å². The van der Waals surface area contributed by atoms with Crippen LogP contribution in [0.3, 0.4) is 0 Å². The number of nitrogens with zero attached hydrogens (tertiary/aromatic N) is 1. The third-order valence-corrected chi connectivity index (χ3v) is 2.31. The van der Waals surface area contributed by atoms with Crippen LogP contribution in [0.2, 0.25) is 0 Å². The highest BCUT2D eigenvalue weighted by atomic mass is 16.1. The Kier molecular flexibility index (Phi) is 6.36. The Morgan fingerprint density at radius 1 is 1.11 bits per heavy atom. The molecule has 2 aromatic rings. The number of hydrogen-bond acceptors (Lipinski definition) is 3. The van der Waals surface area contributed by atoms with Gasteiger partial charge in [-0.05, 0) is 31.7 Å². The second-order valence-electron chi connectivity index (χ2n) is 3.81. The van der Waals surface area contributed by atoms with Crippen molar-refractivity contribution >= 4 is 5.78 Å². The first kappa shape index (κ1) is 14.1. The molecule has 0 saturated carbocycles. The Labute approximate surface area is 108 Å². The Morgan fingerprint density at radius 2 is 1.72 bits per heavy atom. The number of hydrogen-bond donors (Lipinski definition) is 1. The van der Waals surface area contributed by atoms with Gasteiger partial charge in [0.15, 0.2) is 5.78 Å². The molecule has 0 fully saturated rings. The summed E-state index contributed by atoms with van der Waals surface area (Å²) in [4.78, 5) is 14.4. The lowest BCUT2D eigenvalue weighted by molar-refractivity contribution is 0.101. The average molecular weight is 242 g/mol. The van der Waals surface area contributed by atoms with Crippen LogP contribution in [0.5, 0.6) is 0 Å². The molecule has 1 heterocycles. The first-order chi connectivity index (χ1) is 8.74. The first-order valence-corrected chi connectivity index (χ1v) is 5.83. The van der Waals surface area contributed by atoms with Gasteiger partial charge < -0.3 is 5.32 Å². The van der Waals surface area contributed by atoms with Gasteiger partial charge in [-0.15, -0.1) is 0 Å². The van der Waals surface area contributed by atoms with Crippen molar-refractivity contribution in [3.63, 3.8) is 0 Å². The summed E-state index contributed by atoms with van der Waals surface area (Å²) in [5.41, 5.74) is 2.05. The number of ketones is 1. The molecule has 0 amide bonds. The zero-order valence-electron chi connectivity index (χ0n) is 10.8. The topological polar surface area (TPSA) is 42.0 Å². The minimum atomic E-state index is 0.0809. The monoisotopic (exact) mass is 242 g/mol. The number of Topliss-reactive ketones (excluding diaryl/α,β-unsaturated/α-hetero) is 1. The first-order valence-electron chi connectivity index (χ1n) is 5.83. The lowest BCUT2D eigenvalue weighted by Gasteiger charge is -1.95. The van der Waals surface area contributed by atoms with E-state index >= 15 is 0 Å². The number of carbonyl (C=O) groups is 1. The lowest BCUT2D eigenvalue weighted by atomic mass is 10.2. The summed E-state index contributed by atoms with van der Waals surface area (Å²) in [5, 5.41) is 3.08. The molecule has 1 aromatic heterocycles. The Morgan fingerprint density at radius 3 is 2.17 bits per heavy atom. The van der Waals surface area contributed by atoms with E-state index in [0.717, 1.165) is 6.54 Å². The summed E-state index contributed by atoms with van der Waals surface area (Å²) in [6.45, 7) is 2.50. The fraction of sp³-hybridized carbons (Fsp3) is 0.200. The molecule has 0 radical (unpaired) electrons. The quantitative estimate of drug-likeness (QED) is 0.841. The fourth-order valence-corrected chi connectivity index (χ4v) is 1.39. The fourth-order valence-electron chi connectivity index (χ4n) is 1.39. The van der Waals surface area contributed by atoms with Gasteiger partial charge in [0.2, 0.25) is 0 Å². The molecule has 0 bridgehead atoms. The van der Waals surface area contributed by atoms with Crippen LogP contribution in [-0.2, 0) is 6.54 Å². The predicted octanol–water partition coefficient (Wildman–Crippen LogP) is 2.69. The molecule has 0 aliphatic rings. The van der Waals surface area contributed by atoms with Crippen LogP contribution in [0.15, 0.2) is 54.9 Å². The van der Waals surface area contributed by atoms with Crippen LogP contribution >= 0.6 is 0 Å². The molecule has 0 aliphatic carbocycles. The van der Waals surface area contributed by atoms with E-state index < -0.39 is 0 Å². The highest BCUT2D eigenvalue weighted by Crippen LogP contribution is 1.96. The molecule has 0 atom stereocenters. The van der Waals surface area contributed by atoms with Crippen LogP contribution in [0.25, 0.3) is 0 Å². The summed E-state index contributed by atoms with van der Waals surface area (Å²) < 4.78 is 0.